The molecule has 1 saturated carbocycles. The van der Waals surface area contributed by atoms with Crippen LogP contribution in [0.1, 0.15) is 44.1 Å². The van der Waals surface area contributed by atoms with Gasteiger partial charge in [-0.1, -0.05) is 49.6 Å². The van der Waals surface area contributed by atoms with Gasteiger partial charge in [-0.25, -0.2) is 5.43 Å². The first-order valence-corrected chi connectivity index (χ1v) is 9.89. The highest BCUT2D eigenvalue weighted by Crippen LogP contribution is 2.28. The summed E-state index contributed by atoms with van der Waals surface area (Å²) in [5.41, 5.74) is 7.92. The van der Waals surface area contributed by atoms with Gasteiger partial charge in [0.15, 0.2) is 0 Å². The summed E-state index contributed by atoms with van der Waals surface area (Å²) in [5, 5.41) is 3.46. The van der Waals surface area contributed by atoms with E-state index in [1.54, 1.807) is 0 Å². The second-order valence-electron chi connectivity index (χ2n) is 7.77. The fraction of sp³-hybridized carbons (Fsp3) is 0.650. The Morgan fingerprint density at radius 2 is 1.81 bits per heavy atom. The molecule has 1 amide bonds. The number of carbonyl (C=O) groups is 1. The van der Waals surface area contributed by atoms with Crippen LogP contribution in [-0.4, -0.2) is 42.0 Å². The average molecular weight is 379 g/mol. The highest BCUT2D eigenvalue weighted by Gasteiger charge is 2.43. The van der Waals surface area contributed by atoms with E-state index in [0.29, 0.717) is 18.0 Å². The number of carbonyl (C=O) groups excluding carboxylic acids is 1. The third-order valence-corrected chi connectivity index (χ3v) is 6.14. The van der Waals surface area contributed by atoms with E-state index in [4.69, 9.17) is 0 Å². The first-order valence-electron chi connectivity index (χ1n) is 9.89. The molecule has 0 spiro atoms. The van der Waals surface area contributed by atoms with Crippen molar-refractivity contribution in [1.82, 2.24) is 21.1 Å². The Kier molecular flexibility index (Phi) is 6.92. The van der Waals surface area contributed by atoms with Crippen molar-refractivity contribution in [3.63, 3.8) is 0 Å². The lowest BCUT2D eigenvalue weighted by molar-refractivity contribution is -0.138. The zero-order valence-corrected chi connectivity index (χ0v) is 16.1. The molecule has 6 heteroatoms. The van der Waals surface area contributed by atoms with Crippen LogP contribution in [0.4, 0.5) is 0 Å². The Labute approximate surface area is 162 Å². The van der Waals surface area contributed by atoms with Crippen LogP contribution in [-0.2, 0) is 11.3 Å². The SMILES string of the molecule is Cl.O=C(C1NNC2CCNCC21)N(Cc1ccccc1)C1CCCCC1. The quantitative estimate of drug-likeness (QED) is 0.752. The number of nitrogens with zero attached hydrogens (tertiary/aromatic N) is 1. The zero-order valence-electron chi connectivity index (χ0n) is 15.3. The maximum atomic E-state index is 13.5. The number of halogens is 1. The zero-order chi connectivity index (χ0) is 17.1. The predicted octanol–water partition coefficient (Wildman–Crippen LogP) is 2.22. The van der Waals surface area contributed by atoms with Crippen LogP contribution in [0.2, 0.25) is 0 Å². The van der Waals surface area contributed by atoms with Crippen LogP contribution in [0, 0.1) is 5.92 Å². The number of fused-ring (bicyclic) bond motifs is 1. The van der Waals surface area contributed by atoms with Crippen LogP contribution in [0.25, 0.3) is 0 Å². The van der Waals surface area contributed by atoms with Crippen LogP contribution in [0.5, 0.6) is 0 Å². The minimum Gasteiger partial charge on any atom is -0.334 e. The first-order chi connectivity index (χ1) is 12.3. The smallest absolute Gasteiger partial charge is 0.242 e. The van der Waals surface area contributed by atoms with Gasteiger partial charge in [0.05, 0.1) is 0 Å². The summed E-state index contributed by atoms with van der Waals surface area (Å²) >= 11 is 0. The van der Waals surface area contributed by atoms with E-state index in [0.717, 1.165) is 38.9 Å². The lowest BCUT2D eigenvalue weighted by Gasteiger charge is -2.37. The van der Waals surface area contributed by atoms with Crippen molar-refractivity contribution in [2.75, 3.05) is 13.1 Å². The van der Waals surface area contributed by atoms with Crippen molar-refractivity contribution in [3.05, 3.63) is 35.9 Å². The number of benzene rings is 1. The molecule has 5 nitrogen and oxygen atoms in total. The largest absolute Gasteiger partial charge is 0.334 e. The Hall–Kier alpha value is -1.14. The van der Waals surface area contributed by atoms with Gasteiger partial charge in [-0.3, -0.25) is 10.2 Å². The van der Waals surface area contributed by atoms with Gasteiger partial charge in [-0.15, -0.1) is 12.4 Å². The van der Waals surface area contributed by atoms with Gasteiger partial charge in [0.25, 0.3) is 0 Å². The second kappa shape index (κ2) is 9.18. The summed E-state index contributed by atoms with van der Waals surface area (Å²) in [7, 11) is 0. The van der Waals surface area contributed by atoms with Crippen LogP contribution in [0.3, 0.4) is 0 Å². The van der Waals surface area contributed by atoms with Crippen LogP contribution in [0.15, 0.2) is 30.3 Å². The molecule has 3 aliphatic rings. The van der Waals surface area contributed by atoms with Crippen LogP contribution < -0.4 is 16.2 Å². The summed E-state index contributed by atoms with van der Waals surface area (Å²) in [5.74, 6) is 0.627. The molecule has 4 rings (SSSR count). The fourth-order valence-electron chi connectivity index (χ4n) is 4.70. The van der Waals surface area contributed by atoms with Gasteiger partial charge in [0.2, 0.25) is 5.91 Å². The van der Waals surface area contributed by atoms with Gasteiger partial charge < -0.3 is 10.2 Å². The van der Waals surface area contributed by atoms with Gasteiger partial charge in [-0.2, -0.15) is 0 Å². The Balaban J connectivity index is 0.00000196. The van der Waals surface area contributed by atoms with Crippen molar-refractivity contribution >= 4 is 18.3 Å². The van der Waals surface area contributed by atoms with Gasteiger partial charge >= 0.3 is 0 Å². The van der Waals surface area contributed by atoms with Crippen molar-refractivity contribution in [3.8, 4) is 0 Å². The number of amides is 1. The predicted molar refractivity (Wildman–Crippen MR) is 106 cm³/mol. The lowest BCUT2D eigenvalue weighted by atomic mass is 9.87. The van der Waals surface area contributed by atoms with Crippen molar-refractivity contribution in [2.24, 2.45) is 5.92 Å². The number of hydrazine groups is 1. The van der Waals surface area contributed by atoms with E-state index < -0.39 is 0 Å². The molecule has 3 fully saturated rings. The first kappa shape index (κ1) is 19.6. The van der Waals surface area contributed by atoms with Crippen molar-refractivity contribution in [1.29, 1.82) is 0 Å². The number of piperidine rings is 1. The Morgan fingerprint density at radius 1 is 1.04 bits per heavy atom. The van der Waals surface area contributed by atoms with E-state index in [1.807, 2.05) is 6.07 Å². The number of nitrogens with one attached hydrogen (secondary N) is 3. The standard InChI is InChI=1S/C20H30N4O.ClH/c25-20(19-17-13-21-12-11-18(17)22-23-19)24(16-9-5-2-6-10-16)14-15-7-3-1-4-8-15;/h1,3-4,7-8,16-19,21-23H,2,5-6,9-14H2;1H. The molecule has 2 aliphatic heterocycles. The van der Waals surface area contributed by atoms with Crippen molar-refractivity contribution in [2.45, 2.75) is 63.2 Å². The van der Waals surface area contributed by atoms with Gasteiger partial charge in [0.1, 0.15) is 6.04 Å². The third-order valence-electron chi connectivity index (χ3n) is 6.14. The molecular formula is C20H31ClN4O. The molecule has 2 heterocycles. The van der Waals surface area contributed by atoms with E-state index >= 15 is 0 Å². The number of hydrogen-bond donors (Lipinski definition) is 3. The average Bonchev–Trinajstić information content (AvgIpc) is 3.11. The third kappa shape index (κ3) is 4.22. The van der Waals surface area contributed by atoms with Gasteiger partial charge in [0, 0.05) is 31.1 Å². The molecule has 3 unspecified atom stereocenters. The minimum atomic E-state index is -0.108. The minimum absolute atomic E-state index is 0. The summed E-state index contributed by atoms with van der Waals surface area (Å²) in [6.45, 7) is 2.69. The van der Waals surface area contributed by atoms with E-state index in [9.17, 15) is 4.79 Å². The Morgan fingerprint density at radius 3 is 2.58 bits per heavy atom. The summed E-state index contributed by atoms with van der Waals surface area (Å²) in [6, 6.07) is 11.1. The van der Waals surface area contributed by atoms with E-state index in [-0.39, 0.29) is 24.4 Å². The Bertz CT molecular complexity index is 578. The van der Waals surface area contributed by atoms with Crippen molar-refractivity contribution < 1.29 is 4.79 Å². The molecule has 26 heavy (non-hydrogen) atoms. The van der Waals surface area contributed by atoms with E-state index in [2.05, 4.69) is 45.3 Å². The van der Waals surface area contributed by atoms with Gasteiger partial charge in [-0.05, 0) is 31.4 Å². The molecule has 2 saturated heterocycles. The molecule has 144 valence electrons. The molecule has 1 aromatic carbocycles. The lowest BCUT2D eigenvalue weighted by Crippen LogP contribution is -2.53. The molecule has 3 atom stereocenters. The fourth-order valence-corrected chi connectivity index (χ4v) is 4.70. The normalized spacial score (nSPS) is 28.8. The highest BCUT2D eigenvalue weighted by molar-refractivity contribution is 5.85. The number of rotatable bonds is 4. The summed E-state index contributed by atoms with van der Waals surface area (Å²) in [4.78, 5) is 15.7. The molecular weight excluding hydrogens is 348 g/mol. The molecule has 0 radical (unpaired) electrons. The van der Waals surface area contributed by atoms with E-state index in [1.165, 1.54) is 24.8 Å². The maximum Gasteiger partial charge on any atom is 0.242 e. The molecule has 0 bridgehead atoms. The second-order valence-corrected chi connectivity index (χ2v) is 7.77. The topological polar surface area (TPSA) is 56.4 Å². The monoisotopic (exact) mass is 378 g/mol. The molecule has 0 aromatic heterocycles. The maximum absolute atomic E-state index is 13.5. The highest BCUT2D eigenvalue weighted by atomic mass is 35.5. The van der Waals surface area contributed by atoms with Crippen LogP contribution >= 0.6 is 12.4 Å². The molecule has 1 aliphatic carbocycles. The molecule has 1 aromatic rings. The number of hydrogen-bond acceptors (Lipinski definition) is 4. The summed E-state index contributed by atoms with van der Waals surface area (Å²) < 4.78 is 0. The molecule has 3 N–H and O–H groups in total. The summed E-state index contributed by atoms with van der Waals surface area (Å²) in [6.07, 6.45) is 7.17.